The molecule has 434 valence electrons. The molecule has 3 aliphatic rings. The van der Waals surface area contributed by atoms with Crippen LogP contribution in [0.15, 0.2) is 75.4 Å². The van der Waals surface area contributed by atoms with Crippen LogP contribution < -0.4 is 59.4 Å². The maximum absolute atomic E-state index is 14.3. The molecule has 79 heavy (non-hydrogen) atoms. The number of carbonyl (C=O) groups excluding carboxylic acids is 3. The topological polar surface area (TPSA) is 435 Å². The van der Waals surface area contributed by atoms with E-state index in [1.165, 1.54) is 0 Å². The average molecular weight is 1110 g/mol. The van der Waals surface area contributed by atoms with Crippen LogP contribution in [0.2, 0.25) is 0 Å². The van der Waals surface area contributed by atoms with Gasteiger partial charge in [0.05, 0.1) is 12.6 Å². The van der Waals surface area contributed by atoms with Gasteiger partial charge >= 0.3 is 23.7 Å². The summed E-state index contributed by atoms with van der Waals surface area (Å²) >= 11 is 0. The summed E-state index contributed by atoms with van der Waals surface area (Å²) in [6.45, 7) is 5.47. The van der Waals surface area contributed by atoms with Gasteiger partial charge in [-0.1, -0.05) is 63.6 Å². The number of aliphatic carboxylic acids is 2. The summed E-state index contributed by atoms with van der Waals surface area (Å²) in [5, 5.41) is 80.1. The summed E-state index contributed by atoms with van der Waals surface area (Å²) in [6.07, 6.45) is -11.9. The number of unbranched alkanes of at least 4 members (excludes halogenated alkanes) is 1. The monoisotopic (exact) mass is 1110 g/mol. The first-order valence-corrected chi connectivity index (χ1v) is 26.1. The predicted molar refractivity (Wildman–Crippen MR) is 281 cm³/mol. The lowest BCUT2D eigenvalue weighted by Gasteiger charge is -2.33. The molecule has 1 aromatic heterocycles. The molecular weight excluding hydrogens is 1040 g/mol. The van der Waals surface area contributed by atoms with E-state index in [-0.39, 0.29) is 57.8 Å². The number of ether oxygens (including phenoxy) is 4. The molecule has 0 bridgehead atoms. The first-order valence-electron chi connectivity index (χ1n) is 26.1. The normalized spacial score (nSPS) is 24.7. The number of rotatable bonds is 28. The Hall–Kier alpha value is -7.02. The summed E-state index contributed by atoms with van der Waals surface area (Å²) in [6, 6.07) is 8.61. The van der Waals surface area contributed by atoms with Gasteiger partial charge in [-0.2, -0.15) is 0 Å². The van der Waals surface area contributed by atoms with Crippen LogP contribution >= 0.6 is 0 Å². The molecule has 6 rings (SSSR count). The number of urea groups is 1. The maximum atomic E-state index is 14.3. The molecule has 3 aliphatic heterocycles. The second kappa shape index (κ2) is 28.7. The van der Waals surface area contributed by atoms with Crippen molar-refractivity contribution in [3.8, 4) is 16.9 Å². The molecule has 2 fully saturated rings. The lowest BCUT2D eigenvalue weighted by atomic mass is 9.98. The highest BCUT2D eigenvalue weighted by atomic mass is 16.7. The number of hydrogen-bond acceptors (Lipinski definition) is 20. The van der Waals surface area contributed by atoms with Crippen LogP contribution in [0.1, 0.15) is 64.7 Å². The van der Waals surface area contributed by atoms with E-state index in [0.717, 1.165) is 52.1 Å². The number of aliphatic imine (C=N–C) groups is 1. The second-order valence-electron chi connectivity index (χ2n) is 19.8. The Balaban J connectivity index is 1.18. The Labute approximate surface area is 453 Å². The lowest BCUT2D eigenvalue weighted by molar-refractivity contribution is -0.228. The summed E-state index contributed by atoms with van der Waals surface area (Å²) in [7, 11) is 0. The summed E-state index contributed by atoms with van der Waals surface area (Å²) < 4.78 is 23.9. The predicted octanol–water partition coefficient (Wildman–Crippen LogP) is -3.09. The number of nitrogens with two attached hydrogens (primary N) is 2. The molecular formula is C51H73N11O17. The van der Waals surface area contributed by atoms with Gasteiger partial charge in [-0.05, 0) is 73.4 Å². The number of carboxylic acids is 2. The van der Waals surface area contributed by atoms with Gasteiger partial charge < -0.3 is 93.0 Å². The average Bonchev–Trinajstić information content (AvgIpc) is 3.95. The second-order valence-corrected chi connectivity index (χ2v) is 19.8. The summed E-state index contributed by atoms with van der Waals surface area (Å²) in [5.74, 6) is -4.15. The van der Waals surface area contributed by atoms with Crippen molar-refractivity contribution in [2.24, 2.45) is 22.4 Å². The van der Waals surface area contributed by atoms with Crippen LogP contribution in [0, 0.1) is 5.92 Å². The molecule has 4 heterocycles. The Kier molecular flexibility index (Phi) is 22.3. The van der Waals surface area contributed by atoms with Crippen molar-refractivity contribution in [3.63, 3.8) is 0 Å². The highest BCUT2D eigenvalue weighted by Crippen LogP contribution is 2.34. The Bertz CT molecular complexity index is 2670. The standard InChI is InChI=1S/C51H73N11O17/c1-4-5-23-76-29-14-12-28(13-15-29)27-10-7-26(8-11-27)9-16-31(57-44(69)35(30-17-21-56-49(53)58-30)61-50(74)60-34(25(2)3)46(70)71)43(68)55-20-6-19-54-36(47(72)73)41(79-48-40(67)37(64)32(24-52)77-48)42-38(65)39(66)45(78-42)62-22-18-33(63)59-51(62)75/h7-8,10-15,18,22,25,30-32,34-42,45,48,54,64-67H,4-6,9,16-17,19-21,23-24,52H2,1-3H3,(H,55,68)(H,57,69)(H,70,71)(H,72,73)(H3,53,56,58)(H,59,63,75)(H2,60,61,74)/t30-,31+,32+,34-,35-,36?,37+,38-,39+,40+,41-,42-,45+,48-/m0/s1. The number of benzene rings is 2. The number of aliphatic hydroxyl groups is 4. The highest BCUT2D eigenvalue weighted by Gasteiger charge is 2.54. The number of aryl methyl sites for hydroxylation is 1. The molecule has 0 saturated carbocycles. The fourth-order valence-corrected chi connectivity index (χ4v) is 9.21. The number of carbonyl (C=O) groups is 5. The highest BCUT2D eigenvalue weighted by molar-refractivity contribution is 5.93. The number of hydrogen-bond donors (Lipinski definition) is 15. The smallest absolute Gasteiger partial charge is 0.330 e. The summed E-state index contributed by atoms with van der Waals surface area (Å²) in [5.41, 5.74) is 12.5. The number of aliphatic hydroxyl groups excluding tert-OH is 4. The van der Waals surface area contributed by atoms with E-state index in [0.29, 0.717) is 6.61 Å². The molecule has 28 nitrogen and oxygen atoms in total. The number of amides is 4. The first-order chi connectivity index (χ1) is 37.7. The number of H-pyrrole nitrogens is 1. The lowest BCUT2D eigenvalue weighted by Crippen LogP contribution is -2.64. The third-order valence-electron chi connectivity index (χ3n) is 13.7. The first kappa shape index (κ1) is 61.2. The van der Waals surface area contributed by atoms with E-state index in [1.54, 1.807) is 13.8 Å². The molecule has 28 heteroatoms. The molecule has 3 aromatic rings. The van der Waals surface area contributed by atoms with Gasteiger partial charge in [-0.25, -0.2) is 14.4 Å². The molecule has 4 amide bonds. The van der Waals surface area contributed by atoms with Gasteiger partial charge in [-0.15, -0.1) is 0 Å². The van der Waals surface area contributed by atoms with Crippen LogP contribution in [0.3, 0.4) is 0 Å². The Morgan fingerprint density at radius 1 is 0.835 bits per heavy atom. The van der Waals surface area contributed by atoms with Crippen LogP contribution in [-0.4, -0.2) is 188 Å². The Morgan fingerprint density at radius 2 is 1.52 bits per heavy atom. The number of nitrogens with one attached hydrogen (secondary N) is 7. The minimum Gasteiger partial charge on any atom is -0.494 e. The quantitative estimate of drug-likeness (QED) is 0.0321. The molecule has 14 atom stereocenters. The SMILES string of the molecule is CCCCOc1ccc(-c2ccc(CC[C@@H](NC(=O)[C@@H](NC(=O)N[C@H](C(=O)O)C(C)C)[C@@H]3CCN=C(N)N3)C(=O)NCCCNC(C(=O)O)[C@H](O[C@@H]3O[C@H](CN)[C@@H](O)[C@H]3O)[C@H]3O[C@@H](n4ccc(=O)[nH]c4=O)[C@H](O)[C@@H]3O)cc2)cc1. The zero-order chi connectivity index (χ0) is 57.5. The van der Waals surface area contributed by atoms with Crippen molar-refractivity contribution >= 4 is 35.7 Å². The van der Waals surface area contributed by atoms with Crippen LogP contribution in [0.4, 0.5) is 4.79 Å². The van der Waals surface area contributed by atoms with Crippen molar-refractivity contribution in [2.75, 3.05) is 32.8 Å². The minimum atomic E-state index is -1.95. The van der Waals surface area contributed by atoms with Gasteiger partial charge in [0.15, 0.2) is 18.5 Å². The van der Waals surface area contributed by atoms with E-state index in [4.69, 9.17) is 30.4 Å². The van der Waals surface area contributed by atoms with Gasteiger partial charge in [0.25, 0.3) is 5.56 Å². The van der Waals surface area contributed by atoms with Gasteiger partial charge in [0.2, 0.25) is 11.8 Å². The fraction of sp³-hybridized carbons (Fsp3) is 0.569. The third kappa shape index (κ3) is 16.3. The van der Waals surface area contributed by atoms with Crippen LogP contribution in [-0.2, 0) is 39.8 Å². The van der Waals surface area contributed by atoms with E-state index < -0.39 is 132 Å². The molecule has 0 aliphatic carbocycles. The maximum Gasteiger partial charge on any atom is 0.330 e. The molecule has 0 spiro atoms. The largest absolute Gasteiger partial charge is 0.494 e. The Morgan fingerprint density at radius 3 is 2.13 bits per heavy atom. The van der Waals surface area contributed by atoms with Crippen molar-refractivity contribution in [1.82, 2.24) is 41.5 Å². The number of aromatic nitrogens is 2. The van der Waals surface area contributed by atoms with E-state index >= 15 is 0 Å². The van der Waals surface area contributed by atoms with Gasteiger partial charge in [0.1, 0.15) is 72.6 Å². The van der Waals surface area contributed by atoms with Crippen LogP contribution in [0.25, 0.3) is 11.1 Å². The number of nitrogens with zero attached hydrogens (tertiary/aromatic N) is 2. The fourth-order valence-electron chi connectivity index (χ4n) is 9.21. The summed E-state index contributed by atoms with van der Waals surface area (Å²) in [4.78, 5) is 97.4. The molecule has 1 unspecified atom stereocenters. The number of carboxylic acid groups (broad SMARTS) is 2. The molecule has 2 saturated heterocycles. The zero-order valence-electron chi connectivity index (χ0n) is 43.9. The third-order valence-corrected chi connectivity index (χ3v) is 13.7. The van der Waals surface area contributed by atoms with E-state index in [1.807, 2.05) is 53.5 Å². The van der Waals surface area contributed by atoms with Crippen molar-refractivity contribution < 1.29 is 73.6 Å². The van der Waals surface area contributed by atoms with Crippen molar-refractivity contribution in [2.45, 2.75) is 145 Å². The van der Waals surface area contributed by atoms with Gasteiger partial charge in [-0.3, -0.25) is 33.7 Å². The minimum absolute atomic E-state index is 0.00708. The molecule has 17 N–H and O–H groups in total. The van der Waals surface area contributed by atoms with E-state index in [2.05, 4.69) is 43.8 Å². The zero-order valence-corrected chi connectivity index (χ0v) is 43.9. The van der Waals surface area contributed by atoms with E-state index in [9.17, 15) is 64.2 Å². The van der Waals surface area contributed by atoms with Gasteiger partial charge in [0, 0.05) is 31.9 Å². The van der Waals surface area contributed by atoms with Crippen molar-refractivity contribution in [1.29, 1.82) is 0 Å². The van der Waals surface area contributed by atoms with Crippen LogP contribution in [0.5, 0.6) is 5.75 Å². The molecule has 2 aromatic carbocycles. The number of aromatic amines is 1. The molecule has 0 radical (unpaired) electrons. The number of guanidine groups is 1. The van der Waals surface area contributed by atoms with Crippen molar-refractivity contribution in [3.05, 3.63) is 87.2 Å².